The van der Waals surface area contributed by atoms with Gasteiger partial charge in [-0.15, -0.1) is 0 Å². The van der Waals surface area contributed by atoms with Crippen LogP contribution in [0.5, 0.6) is 11.5 Å². The number of nitrogens with zero attached hydrogens (tertiary/aromatic N) is 2. The predicted octanol–water partition coefficient (Wildman–Crippen LogP) is 6.10. The quantitative estimate of drug-likeness (QED) is 0.359. The van der Waals surface area contributed by atoms with Gasteiger partial charge in [-0.3, -0.25) is 9.80 Å². The fraction of sp³-hybridized carbons (Fsp3) is 0.400. The van der Waals surface area contributed by atoms with Gasteiger partial charge in [0.25, 0.3) is 0 Å². The molecule has 0 aromatic heterocycles. The highest BCUT2D eigenvalue weighted by atomic mass is 19.1. The zero-order chi connectivity index (χ0) is 25.7. The number of halogens is 2. The Bertz CT molecular complexity index is 1090. The average molecular weight is 495 g/mol. The second kappa shape index (κ2) is 11.4. The van der Waals surface area contributed by atoms with Gasteiger partial charge in [0.2, 0.25) is 0 Å². The fourth-order valence-electron chi connectivity index (χ4n) is 5.15. The Morgan fingerprint density at radius 3 is 1.92 bits per heavy atom. The van der Waals surface area contributed by atoms with Gasteiger partial charge in [0.1, 0.15) is 11.6 Å². The zero-order valence-corrected chi connectivity index (χ0v) is 21.6. The highest BCUT2D eigenvalue weighted by molar-refractivity contribution is 5.43. The smallest absolute Gasteiger partial charge is 0.161 e. The Hall–Kier alpha value is -2.96. The van der Waals surface area contributed by atoms with Gasteiger partial charge in [-0.25, -0.2) is 8.78 Å². The number of rotatable bonds is 9. The lowest BCUT2D eigenvalue weighted by Crippen LogP contribution is -2.60. The molecule has 0 aliphatic carbocycles. The van der Waals surface area contributed by atoms with Crippen LogP contribution in [0.2, 0.25) is 0 Å². The molecule has 1 fully saturated rings. The van der Waals surface area contributed by atoms with Crippen molar-refractivity contribution in [3.05, 3.63) is 95.1 Å². The van der Waals surface area contributed by atoms with Crippen molar-refractivity contribution < 1.29 is 18.3 Å². The third-order valence-electron chi connectivity index (χ3n) is 7.12. The van der Waals surface area contributed by atoms with E-state index in [1.165, 1.54) is 29.8 Å². The number of likely N-dealkylation sites (N-methyl/N-ethyl adjacent to an activating group) is 1. The molecule has 1 heterocycles. The standard InChI is InChI=1S/C30H36F2N2O2/c1-5-35-27-16-7-22(19-28(27)36-6-2)20-30(3)21-34(18-17-33(30)4)29(23-8-12-25(31)13-9-23)24-10-14-26(32)15-11-24/h7-16,19,29H,5-6,17-18,20-21H2,1-4H3. The monoisotopic (exact) mass is 494 g/mol. The first kappa shape index (κ1) is 26.1. The predicted molar refractivity (Wildman–Crippen MR) is 140 cm³/mol. The molecule has 0 N–H and O–H groups in total. The SMILES string of the molecule is CCOc1ccc(CC2(C)CN(C(c3ccc(F)cc3)c3ccc(F)cc3)CCN2C)cc1OCC. The number of piperazine rings is 1. The average Bonchev–Trinajstić information content (AvgIpc) is 2.86. The zero-order valence-electron chi connectivity index (χ0n) is 21.6. The van der Waals surface area contributed by atoms with E-state index in [0.29, 0.717) is 13.2 Å². The molecule has 3 aromatic carbocycles. The van der Waals surface area contributed by atoms with Gasteiger partial charge in [0, 0.05) is 25.2 Å². The molecule has 192 valence electrons. The van der Waals surface area contributed by atoms with E-state index >= 15 is 0 Å². The second-order valence-electron chi connectivity index (χ2n) is 9.72. The van der Waals surface area contributed by atoms with Crippen LogP contribution in [0.15, 0.2) is 66.7 Å². The van der Waals surface area contributed by atoms with Crippen molar-refractivity contribution in [3.63, 3.8) is 0 Å². The summed E-state index contributed by atoms with van der Waals surface area (Å²) in [6.45, 7) is 9.90. The van der Waals surface area contributed by atoms with Crippen LogP contribution in [0.1, 0.15) is 43.5 Å². The molecule has 0 bridgehead atoms. The summed E-state index contributed by atoms with van der Waals surface area (Å²) in [5, 5.41) is 0. The summed E-state index contributed by atoms with van der Waals surface area (Å²) in [5.74, 6) is 1.01. The van der Waals surface area contributed by atoms with Gasteiger partial charge in [-0.2, -0.15) is 0 Å². The summed E-state index contributed by atoms with van der Waals surface area (Å²) in [5.41, 5.74) is 3.01. The molecule has 0 spiro atoms. The van der Waals surface area contributed by atoms with Crippen LogP contribution >= 0.6 is 0 Å². The van der Waals surface area contributed by atoms with Gasteiger partial charge < -0.3 is 9.47 Å². The van der Waals surface area contributed by atoms with Crippen molar-refractivity contribution in [2.45, 2.75) is 38.8 Å². The summed E-state index contributed by atoms with van der Waals surface area (Å²) >= 11 is 0. The maximum Gasteiger partial charge on any atom is 0.161 e. The van der Waals surface area contributed by atoms with Gasteiger partial charge in [0.15, 0.2) is 11.5 Å². The first-order valence-corrected chi connectivity index (χ1v) is 12.7. The Morgan fingerprint density at radius 2 is 1.36 bits per heavy atom. The molecular weight excluding hydrogens is 458 g/mol. The molecule has 1 saturated heterocycles. The maximum atomic E-state index is 13.7. The molecule has 1 atom stereocenters. The minimum Gasteiger partial charge on any atom is -0.490 e. The molecule has 0 saturated carbocycles. The molecule has 0 amide bonds. The van der Waals surface area contributed by atoms with E-state index in [0.717, 1.165) is 48.7 Å². The molecule has 4 rings (SSSR count). The molecule has 1 aliphatic rings. The Kier molecular flexibility index (Phi) is 8.27. The van der Waals surface area contributed by atoms with E-state index in [1.54, 1.807) is 0 Å². The van der Waals surface area contributed by atoms with Crippen molar-refractivity contribution in [3.8, 4) is 11.5 Å². The summed E-state index contributed by atoms with van der Waals surface area (Å²) in [4.78, 5) is 4.84. The number of hydrogen-bond acceptors (Lipinski definition) is 4. The van der Waals surface area contributed by atoms with E-state index in [2.05, 4.69) is 35.9 Å². The van der Waals surface area contributed by atoms with Crippen LogP contribution in [0.4, 0.5) is 8.78 Å². The first-order valence-electron chi connectivity index (χ1n) is 12.7. The highest BCUT2D eigenvalue weighted by Crippen LogP contribution is 2.36. The van der Waals surface area contributed by atoms with E-state index in [9.17, 15) is 8.78 Å². The van der Waals surface area contributed by atoms with E-state index in [1.807, 2.05) is 44.2 Å². The molecule has 36 heavy (non-hydrogen) atoms. The van der Waals surface area contributed by atoms with Crippen molar-refractivity contribution in [1.82, 2.24) is 9.80 Å². The van der Waals surface area contributed by atoms with Crippen LogP contribution in [0.3, 0.4) is 0 Å². The Balaban J connectivity index is 1.64. The third-order valence-corrected chi connectivity index (χ3v) is 7.12. The van der Waals surface area contributed by atoms with Gasteiger partial charge in [-0.1, -0.05) is 30.3 Å². The lowest BCUT2D eigenvalue weighted by molar-refractivity contribution is 0.0133. The van der Waals surface area contributed by atoms with Crippen LogP contribution < -0.4 is 9.47 Å². The minimum absolute atomic E-state index is 0.0986. The molecule has 1 aliphatic heterocycles. The normalized spacial score (nSPS) is 19.0. The Labute approximate surface area is 213 Å². The lowest BCUT2D eigenvalue weighted by atomic mass is 9.86. The fourth-order valence-corrected chi connectivity index (χ4v) is 5.15. The summed E-state index contributed by atoms with van der Waals surface area (Å²) < 4.78 is 39.1. The number of benzene rings is 3. The number of ether oxygens (including phenoxy) is 2. The summed E-state index contributed by atoms with van der Waals surface area (Å²) in [6, 6.07) is 19.4. The van der Waals surface area contributed by atoms with Gasteiger partial charge in [-0.05, 0) is 87.3 Å². The minimum atomic E-state index is -0.263. The van der Waals surface area contributed by atoms with Crippen molar-refractivity contribution >= 4 is 0 Å². The molecule has 6 heteroatoms. The van der Waals surface area contributed by atoms with Crippen molar-refractivity contribution in [2.24, 2.45) is 0 Å². The van der Waals surface area contributed by atoms with E-state index in [4.69, 9.17) is 9.47 Å². The van der Waals surface area contributed by atoms with Crippen LogP contribution in [-0.2, 0) is 6.42 Å². The Morgan fingerprint density at radius 1 is 0.806 bits per heavy atom. The first-order chi connectivity index (χ1) is 17.3. The second-order valence-corrected chi connectivity index (χ2v) is 9.72. The molecular formula is C30H36F2N2O2. The van der Waals surface area contributed by atoms with Crippen molar-refractivity contribution in [1.29, 1.82) is 0 Å². The summed E-state index contributed by atoms with van der Waals surface area (Å²) in [6.07, 6.45) is 0.825. The van der Waals surface area contributed by atoms with E-state index < -0.39 is 0 Å². The van der Waals surface area contributed by atoms with Crippen molar-refractivity contribution in [2.75, 3.05) is 39.9 Å². The van der Waals surface area contributed by atoms with Crippen LogP contribution in [0, 0.1) is 11.6 Å². The molecule has 1 unspecified atom stereocenters. The topological polar surface area (TPSA) is 24.9 Å². The third kappa shape index (κ3) is 5.88. The maximum absolute atomic E-state index is 13.7. The summed E-state index contributed by atoms with van der Waals surface area (Å²) in [7, 11) is 2.17. The van der Waals surface area contributed by atoms with Crippen LogP contribution in [-0.4, -0.2) is 55.2 Å². The number of hydrogen-bond donors (Lipinski definition) is 0. The largest absolute Gasteiger partial charge is 0.490 e. The van der Waals surface area contributed by atoms with E-state index in [-0.39, 0.29) is 23.2 Å². The van der Waals surface area contributed by atoms with Gasteiger partial charge >= 0.3 is 0 Å². The highest BCUT2D eigenvalue weighted by Gasteiger charge is 2.39. The molecule has 0 radical (unpaired) electrons. The lowest BCUT2D eigenvalue weighted by Gasteiger charge is -2.50. The molecule has 3 aromatic rings. The van der Waals surface area contributed by atoms with Crippen LogP contribution in [0.25, 0.3) is 0 Å². The molecule has 4 nitrogen and oxygen atoms in total. The van der Waals surface area contributed by atoms with Gasteiger partial charge in [0.05, 0.1) is 19.3 Å².